The lowest BCUT2D eigenvalue weighted by Gasteiger charge is -2.28. The van der Waals surface area contributed by atoms with Gasteiger partial charge in [-0.15, -0.1) is 0 Å². The Kier molecular flexibility index (Phi) is 7.18. The lowest BCUT2D eigenvalue weighted by Crippen LogP contribution is -2.33. The highest BCUT2D eigenvalue weighted by molar-refractivity contribution is 14.1. The van der Waals surface area contributed by atoms with Crippen LogP contribution in [0, 0.1) is 17.4 Å². The van der Waals surface area contributed by atoms with Crippen LogP contribution in [0.4, 0.5) is 5.69 Å². The number of carbonyl (C=O) groups is 1. The maximum Gasteiger partial charge on any atom is 0.226 e. The van der Waals surface area contributed by atoms with Gasteiger partial charge in [0.05, 0.1) is 30.6 Å². The summed E-state index contributed by atoms with van der Waals surface area (Å²) >= 11 is 8.12. The summed E-state index contributed by atoms with van der Waals surface area (Å²) in [6, 6.07) is 13.1. The molecule has 1 saturated heterocycles. The number of aromatic amines is 1. The summed E-state index contributed by atoms with van der Waals surface area (Å²) in [5, 5.41) is 7.02. The number of pyridine rings is 1. The molecular weight excluding hydrogens is 549 g/mol. The number of carbonyl (C=O) groups excluding carboxylic acids is 1. The fourth-order valence-corrected chi connectivity index (χ4v) is 5.45. The van der Waals surface area contributed by atoms with E-state index in [1.54, 1.807) is 13.3 Å². The molecule has 7 nitrogen and oxygen atoms in total. The summed E-state index contributed by atoms with van der Waals surface area (Å²) in [6.45, 7) is 4.62. The number of rotatable bonds is 7. The Bertz CT molecular complexity index is 1170. The van der Waals surface area contributed by atoms with E-state index in [4.69, 9.17) is 17.0 Å². The number of aryl methyl sites for hydroxylation is 2. The van der Waals surface area contributed by atoms with Crippen LogP contribution in [0.2, 0.25) is 0 Å². The smallest absolute Gasteiger partial charge is 0.226 e. The van der Waals surface area contributed by atoms with Crippen LogP contribution in [0.15, 0.2) is 48.7 Å². The van der Waals surface area contributed by atoms with Crippen LogP contribution in [-0.4, -0.2) is 39.5 Å². The molecule has 3 heterocycles. The van der Waals surface area contributed by atoms with Gasteiger partial charge in [-0.2, -0.15) is 0 Å². The molecule has 33 heavy (non-hydrogen) atoms. The number of halogens is 1. The molecule has 0 aliphatic carbocycles. The summed E-state index contributed by atoms with van der Waals surface area (Å²) in [5.74, 6) is 0.532. The third-order valence-corrected chi connectivity index (χ3v) is 7.54. The number of amides is 1. The van der Waals surface area contributed by atoms with Gasteiger partial charge in [-0.1, -0.05) is 18.2 Å². The van der Waals surface area contributed by atoms with Crippen molar-refractivity contribution in [3.05, 3.63) is 74.9 Å². The molecule has 0 radical (unpaired) electrons. The number of hydrogen-bond donors (Lipinski definition) is 3. The Morgan fingerprint density at radius 2 is 1.97 bits per heavy atom. The lowest BCUT2D eigenvalue weighted by molar-refractivity contribution is -0.116. The fraction of sp³-hybridized carbons (Fsp3) is 0.292. The van der Waals surface area contributed by atoms with Crippen LogP contribution < -0.4 is 15.4 Å². The average molecular weight is 575 g/mol. The van der Waals surface area contributed by atoms with Crippen LogP contribution in [0.1, 0.15) is 41.1 Å². The fourth-order valence-electron chi connectivity index (χ4n) is 4.26. The van der Waals surface area contributed by atoms with Crippen molar-refractivity contribution in [3.63, 3.8) is 0 Å². The van der Waals surface area contributed by atoms with E-state index < -0.39 is 0 Å². The average Bonchev–Trinajstić information content (AvgIpc) is 3.27. The van der Waals surface area contributed by atoms with E-state index in [0.717, 1.165) is 17.1 Å². The number of nitrogens with one attached hydrogen (secondary N) is 3. The standard InChI is InChI=1S/C24H26IN5O2S/c1-14-20(21(25)15(2)27-14)23-22(17-9-6-7-12-26-17)29-24(33)30(23)13-11-19(31)28-16-8-4-5-10-18(16)32-3/h4-10,12,22-23,27H,11,13H2,1-3H3,(H,28,31)(H,29,33)/t22-,23+/m1/s1. The molecule has 172 valence electrons. The highest BCUT2D eigenvalue weighted by Crippen LogP contribution is 2.42. The molecule has 2 atom stereocenters. The molecular formula is C24H26IN5O2S. The summed E-state index contributed by atoms with van der Waals surface area (Å²) in [7, 11) is 1.59. The number of nitrogens with zero attached hydrogens (tertiary/aromatic N) is 2. The number of para-hydroxylation sites is 2. The molecule has 1 aromatic carbocycles. The number of hydrogen-bond acceptors (Lipinski definition) is 4. The van der Waals surface area contributed by atoms with Crippen LogP contribution in [0.5, 0.6) is 5.75 Å². The normalized spacial score (nSPS) is 17.7. The molecule has 0 unspecified atom stereocenters. The first-order valence-corrected chi connectivity index (χ1v) is 12.1. The molecule has 1 aliphatic heterocycles. The largest absolute Gasteiger partial charge is 0.495 e. The third kappa shape index (κ3) is 4.84. The number of thiocarbonyl (C=S) groups is 1. The minimum Gasteiger partial charge on any atom is -0.495 e. The predicted octanol–water partition coefficient (Wildman–Crippen LogP) is 4.64. The first-order chi connectivity index (χ1) is 15.9. The quantitative estimate of drug-likeness (QED) is 0.282. The summed E-state index contributed by atoms with van der Waals surface area (Å²) in [4.78, 5) is 22.9. The number of benzene rings is 1. The molecule has 3 N–H and O–H groups in total. The van der Waals surface area contributed by atoms with Crippen LogP contribution in [0.25, 0.3) is 0 Å². The zero-order valence-electron chi connectivity index (χ0n) is 18.7. The molecule has 0 spiro atoms. The van der Waals surface area contributed by atoms with Gasteiger partial charge in [0.25, 0.3) is 0 Å². The predicted molar refractivity (Wildman–Crippen MR) is 141 cm³/mol. The van der Waals surface area contributed by atoms with Crippen molar-refractivity contribution in [1.82, 2.24) is 20.2 Å². The van der Waals surface area contributed by atoms with Gasteiger partial charge in [0.2, 0.25) is 5.91 Å². The van der Waals surface area contributed by atoms with Gasteiger partial charge < -0.3 is 25.3 Å². The Balaban J connectivity index is 1.59. The van der Waals surface area contributed by atoms with Crippen LogP contribution >= 0.6 is 34.8 Å². The second-order valence-corrected chi connectivity index (χ2v) is 9.39. The molecule has 0 bridgehead atoms. The number of anilines is 1. The van der Waals surface area contributed by atoms with Gasteiger partial charge in [0.15, 0.2) is 5.11 Å². The topological polar surface area (TPSA) is 82.3 Å². The second-order valence-electron chi connectivity index (χ2n) is 7.92. The summed E-state index contributed by atoms with van der Waals surface area (Å²) in [6.07, 6.45) is 2.07. The van der Waals surface area contributed by atoms with Crippen molar-refractivity contribution >= 4 is 51.5 Å². The monoisotopic (exact) mass is 575 g/mol. The molecule has 1 fully saturated rings. The highest BCUT2D eigenvalue weighted by atomic mass is 127. The van der Waals surface area contributed by atoms with Gasteiger partial charge in [0, 0.05) is 39.7 Å². The summed E-state index contributed by atoms with van der Waals surface area (Å²) in [5.41, 5.74) is 4.97. The molecule has 1 amide bonds. The van der Waals surface area contributed by atoms with E-state index in [-0.39, 0.29) is 24.4 Å². The van der Waals surface area contributed by atoms with Crippen LogP contribution in [-0.2, 0) is 4.79 Å². The van der Waals surface area contributed by atoms with Gasteiger partial charge in [0.1, 0.15) is 5.75 Å². The van der Waals surface area contributed by atoms with E-state index in [9.17, 15) is 4.79 Å². The van der Waals surface area contributed by atoms with E-state index >= 15 is 0 Å². The minimum atomic E-state index is -0.113. The molecule has 9 heteroatoms. The maximum atomic E-state index is 12.8. The first kappa shape index (κ1) is 23.5. The molecule has 1 aliphatic rings. The Morgan fingerprint density at radius 3 is 2.64 bits per heavy atom. The highest BCUT2D eigenvalue weighted by Gasteiger charge is 2.42. The van der Waals surface area contributed by atoms with Crippen LogP contribution in [0.3, 0.4) is 0 Å². The van der Waals surface area contributed by atoms with E-state index in [0.29, 0.717) is 23.1 Å². The number of methoxy groups -OCH3 is 1. The van der Waals surface area contributed by atoms with E-state index in [2.05, 4.69) is 61.9 Å². The van der Waals surface area contributed by atoms with Crippen molar-refractivity contribution in [1.29, 1.82) is 0 Å². The van der Waals surface area contributed by atoms with Crippen molar-refractivity contribution in [2.24, 2.45) is 0 Å². The Morgan fingerprint density at radius 1 is 1.21 bits per heavy atom. The lowest BCUT2D eigenvalue weighted by atomic mass is 9.96. The minimum absolute atomic E-state index is 0.0803. The second kappa shape index (κ2) is 10.1. The SMILES string of the molecule is COc1ccccc1NC(=O)CCN1C(=S)N[C@H](c2ccccn2)[C@@H]1c1c(C)[nH]c(C)c1I. The van der Waals surface area contributed by atoms with E-state index in [1.807, 2.05) is 42.5 Å². The van der Waals surface area contributed by atoms with Gasteiger partial charge in [-0.25, -0.2) is 0 Å². The first-order valence-electron chi connectivity index (χ1n) is 10.7. The number of ether oxygens (including phenoxy) is 1. The van der Waals surface area contributed by atoms with Gasteiger partial charge >= 0.3 is 0 Å². The molecule has 3 aromatic rings. The van der Waals surface area contributed by atoms with Crippen molar-refractivity contribution in [2.45, 2.75) is 32.4 Å². The van der Waals surface area contributed by atoms with Crippen molar-refractivity contribution < 1.29 is 9.53 Å². The zero-order valence-corrected chi connectivity index (χ0v) is 21.7. The Hall–Kier alpha value is -2.66. The molecule has 0 saturated carbocycles. The zero-order chi connectivity index (χ0) is 23.5. The number of H-pyrrole nitrogens is 1. The number of aromatic nitrogens is 2. The van der Waals surface area contributed by atoms with Gasteiger partial charge in [-0.3, -0.25) is 9.78 Å². The third-order valence-electron chi connectivity index (χ3n) is 5.80. The van der Waals surface area contributed by atoms with Crippen molar-refractivity contribution in [3.8, 4) is 5.75 Å². The van der Waals surface area contributed by atoms with E-state index in [1.165, 1.54) is 9.13 Å². The Labute approximate surface area is 212 Å². The van der Waals surface area contributed by atoms with Gasteiger partial charge in [-0.05, 0) is 72.9 Å². The maximum absolute atomic E-state index is 12.8. The van der Waals surface area contributed by atoms with Crippen molar-refractivity contribution in [2.75, 3.05) is 19.0 Å². The summed E-state index contributed by atoms with van der Waals surface area (Å²) < 4.78 is 6.51. The molecule has 2 aromatic heterocycles. The molecule has 4 rings (SSSR count).